The molecule has 0 saturated heterocycles. The van der Waals surface area contributed by atoms with Gasteiger partial charge in [-0.15, -0.1) is 0 Å². The number of ether oxygens (including phenoxy) is 1. The summed E-state index contributed by atoms with van der Waals surface area (Å²) < 4.78 is 32.8. The van der Waals surface area contributed by atoms with Gasteiger partial charge >= 0.3 is 0 Å². The van der Waals surface area contributed by atoms with Gasteiger partial charge in [-0.05, 0) is 31.5 Å². The molecule has 0 aliphatic carbocycles. The van der Waals surface area contributed by atoms with Crippen molar-refractivity contribution >= 4 is 10.0 Å². The molecule has 5 nitrogen and oxygen atoms in total. The highest BCUT2D eigenvalue weighted by atomic mass is 32.2. The molecule has 6 heteroatoms. The molecule has 0 heterocycles. The predicted octanol–water partition coefficient (Wildman–Crippen LogP) is 2.66. The van der Waals surface area contributed by atoms with Gasteiger partial charge in [-0.1, -0.05) is 29.8 Å². The quantitative estimate of drug-likeness (QED) is 0.914. The number of nitrogens with one attached hydrogen (secondary N) is 1. The highest BCUT2D eigenvalue weighted by Gasteiger charge is 2.19. The fourth-order valence-electron chi connectivity index (χ4n) is 2.51. The van der Waals surface area contributed by atoms with E-state index in [1.54, 1.807) is 19.2 Å². The summed E-state index contributed by atoms with van der Waals surface area (Å²) in [6.45, 7) is 3.94. The second-order valence-corrected chi connectivity index (χ2v) is 6.94. The lowest BCUT2D eigenvalue weighted by molar-refractivity contribution is 0.406. The number of benzene rings is 2. The van der Waals surface area contributed by atoms with Crippen LogP contribution in [0.4, 0.5) is 0 Å². The molecule has 0 aliphatic rings. The summed E-state index contributed by atoms with van der Waals surface area (Å²) in [7, 11) is -2.22. The van der Waals surface area contributed by atoms with Crippen molar-refractivity contribution in [3.05, 3.63) is 58.7 Å². The van der Waals surface area contributed by atoms with E-state index in [0.29, 0.717) is 5.75 Å². The monoisotopic (exact) mass is 330 g/mol. The number of rotatable bonds is 5. The average molecular weight is 330 g/mol. The van der Waals surface area contributed by atoms with E-state index in [1.165, 1.54) is 12.1 Å². The lowest BCUT2D eigenvalue weighted by atomic mass is 10.1. The molecule has 0 saturated carbocycles. The van der Waals surface area contributed by atoms with Crippen LogP contribution in [0.25, 0.3) is 0 Å². The van der Waals surface area contributed by atoms with E-state index in [4.69, 9.17) is 10.00 Å². The van der Waals surface area contributed by atoms with Crippen LogP contribution in [0.1, 0.15) is 22.3 Å². The van der Waals surface area contributed by atoms with Crippen molar-refractivity contribution in [1.82, 2.24) is 4.72 Å². The summed E-state index contributed by atoms with van der Waals surface area (Å²) in [5, 5.41) is 9.06. The van der Waals surface area contributed by atoms with Gasteiger partial charge in [0.25, 0.3) is 0 Å². The molecule has 2 aromatic carbocycles. The number of methoxy groups -OCH3 is 1. The Bertz CT molecular complexity index is 868. The highest BCUT2D eigenvalue weighted by molar-refractivity contribution is 7.89. The Morgan fingerprint density at radius 3 is 2.57 bits per heavy atom. The molecule has 120 valence electrons. The lowest BCUT2D eigenvalue weighted by Crippen LogP contribution is -2.24. The molecule has 0 unspecified atom stereocenters. The molecule has 0 aliphatic heterocycles. The number of sulfonamides is 1. The van der Waals surface area contributed by atoms with Crippen molar-refractivity contribution in [2.75, 3.05) is 7.11 Å². The van der Waals surface area contributed by atoms with Crippen LogP contribution in [0.15, 0.2) is 41.3 Å². The van der Waals surface area contributed by atoms with Crippen LogP contribution < -0.4 is 9.46 Å². The molecule has 0 fully saturated rings. The van der Waals surface area contributed by atoms with Crippen LogP contribution in [-0.2, 0) is 16.6 Å². The lowest BCUT2D eigenvalue weighted by Gasteiger charge is -2.14. The van der Waals surface area contributed by atoms with E-state index in [1.807, 2.05) is 32.0 Å². The number of nitrogens with zero attached hydrogens (tertiary/aromatic N) is 1. The molecular weight excluding hydrogens is 312 g/mol. The van der Waals surface area contributed by atoms with E-state index in [-0.39, 0.29) is 17.0 Å². The van der Waals surface area contributed by atoms with Gasteiger partial charge in [-0.25, -0.2) is 13.1 Å². The fourth-order valence-corrected chi connectivity index (χ4v) is 3.67. The first-order valence-electron chi connectivity index (χ1n) is 7.02. The molecule has 0 spiro atoms. The molecule has 0 amide bonds. The molecule has 2 rings (SSSR count). The van der Waals surface area contributed by atoms with Gasteiger partial charge in [0.05, 0.1) is 17.6 Å². The zero-order chi connectivity index (χ0) is 17.0. The van der Waals surface area contributed by atoms with Crippen molar-refractivity contribution < 1.29 is 13.2 Å². The van der Waals surface area contributed by atoms with Crippen LogP contribution in [0.5, 0.6) is 5.75 Å². The minimum absolute atomic E-state index is 0.0224. The summed E-state index contributed by atoms with van der Waals surface area (Å²) in [4.78, 5) is -0.0224. The average Bonchev–Trinajstić information content (AvgIpc) is 2.52. The third-order valence-electron chi connectivity index (χ3n) is 3.45. The summed E-state index contributed by atoms with van der Waals surface area (Å²) >= 11 is 0. The summed E-state index contributed by atoms with van der Waals surface area (Å²) in [5.74, 6) is 0.659. The Kier molecular flexibility index (Phi) is 5.04. The summed E-state index contributed by atoms with van der Waals surface area (Å²) in [5.41, 5.74) is 2.84. The van der Waals surface area contributed by atoms with Gasteiger partial charge in [-0.3, -0.25) is 0 Å². The summed E-state index contributed by atoms with van der Waals surface area (Å²) in [6.07, 6.45) is 0. The van der Waals surface area contributed by atoms with Crippen LogP contribution >= 0.6 is 0 Å². The molecule has 0 bridgehead atoms. The van der Waals surface area contributed by atoms with Crippen LogP contribution in [0, 0.1) is 25.2 Å². The molecule has 0 atom stereocenters. The first kappa shape index (κ1) is 17.0. The van der Waals surface area contributed by atoms with E-state index in [2.05, 4.69) is 4.72 Å². The standard InChI is InChI=1S/C17H18N2O3S/c1-12-8-13(2)17(22-3)15(9-12)11-19-23(20,21)16-7-5-4-6-14(16)10-18/h4-9,19H,11H2,1-3H3. The van der Waals surface area contributed by atoms with Gasteiger partial charge in [0.15, 0.2) is 0 Å². The molecular formula is C17H18N2O3S. The second-order valence-electron chi connectivity index (χ2n) is 5.21. The molecule has 0 radical (unpaired) electrons. The van der Waals surface area contributed by atoms with Gasteiger partial charge < -0.3 is 4.74 Å². The maximum Gasteiger partial charge on any atom is 0.242 e. The molecule has 0 aromatic heterocycles. The molecule has 23 heavy (non-hydrogen) atoms. The van der Waals surface area contributed by atoms with Crippen LogP contribution in [-0.4, -0.2) is 15.5 Å². The Balaban J connectivity index is 2.32. The Morgan fingerprint density at radius 2 is 1.91 bits per heavy atom. The van der Waals surface area contributed by atoms with E-state index in [9.17, 15) is 8.42 Å². The fraction of sp³-hybridized carbons (Fsp3) is 0.235. The minimum Gasteiger partial charge on any atom is -0.496 e. The van der Waals surface area contributed by atoms with E-state index < -0.39 is 10.0 Å². The van der Waals surface area contributed by atoms with Gasteiger partial charge in [-0.2, -0.15) is 5.26 Å². The number of hydrogen-bond donors (Lipinski definition) is 1. The topological polar surface area (TPSA) is 79.2 Å². The molecule has 2 aromatic rings. The van der Waals surface area contributed by atoms with Crippen molar-refractivity contribution in [1.29, 1.82) is 5.26 Å². The van der Waals surface area contributed by atoms with Crippen LogP contribution in [0.3, 0.4) is 0 Å². The first-order valence-corrected chi connectivity index (χ1v) is 8.50. The maximum absolute atomic E-state index is 12.5. The Morgan fingerprint density at radius 1 is 1.22 bits per heavy atom. The largest absolute Gasteiger partial charge is 0.496 e. The van der Waals surface area contributed by atoms with Crippen molar-refractivity contribution in [3.63, 3.8) is 0 Å². The zero-order valence-electron chi connectivity index (χ0n) is 13.3. The van der Waals surface area contributed by atoms with E-state index in [0.717, 1.165) is 16.7 Å². The zero-order valence-corrected chi connectivity index (χ0v) is 14.1. The Hall–Kier alpha value is -2.36. The number of hydrogen-bond acceptors (Lipinski definition) is 4. The van der Waals surface area contributed by atoms with Gasteiger partial charge in [0, 0.05) is 12.1 Å². The highest BCUT2D eigenvalue weighted by Crippen LogP contribution is 2.25. The summed E-state index contributed by atoms with van der Waals surface area (Å²) in [6, 6.07) is 11.9. The molecule has 1 N–H and O–H groups in total. The number of nitriles is 1. The number of aryl methyl sites for hydroxylation is 2. The van der Waals surface area contributed by atoms with Crippen molar-refractivity contribution in [2.24, 2.45) is 0 Å². The van der Waals surface area contributed by atoms with Gasteiger partial charge in [0.1, 0.15) is 11.8 Å². The minimum atomic E-state index is -3.78. The van der Waals surface area contributed by atoms with E-state index >= 15 is 0 Å². The van der Waals surface area contributed by atoms with Crippen molar-refractivity contribution in [2.45, 2.75) is 25.3 Å². The maximum atomic E-state index is 12.5. The Labute approximate surface area is 136 Å². The SMILES string of the molecule is COc1c(C)cc(C)cc1CNS(=O)(=O)c1ccccc1C#N. The third kappa shape index (κ3) is 3.70. The predicted molar refractivity (Wildman–Crippen MR) is 87.7 cm³/mol. The second kappa shape index (κ2) is 6.82. The normalized spacial score (nSPS) is 11.0. The smallest absolute Gasteiger partial charge is 0.242 e. The van der Waals surface area contributed by atoms with Crippen molar-refractivity contribution in [3.8, 4) is 11.8 Å². The first-order chi connectivity index (χ1) is 10.9. The van der Waals surface area contributed by atoms with Gasteiger partial charge in [0.2, 0.25) is 10.0 Å². The van der Waals surface area contributed by atoms with Crippen LogP contribution in [0.2, 0.25) is 0 Å². The third-order valence-corrected chi connectivity index (χ3v) is 4.91.